The molecule has 1 aliphatic carbocycles. The lowest BCUT2D eigenvalue weighted by molar-refractivity contribution is -0.144. The minimum atomic E-state index is -0.596. The molecule has 0 aromatic carbocycles. The number of hydrogen-bond acceptors (Lipinski definition) is 2. The molecular weight excluding hydrogens is 250 g/mol. The van der Waals surface area contributed by atoms with Crippen molar-refractivity contribution in [1.82, 2.24) is 4.90 Å². The fourth-order valence-corrected chi connectivity index (χ4v) is 4.22. The lowest BCUT2D eigenvalue weighted by Crippen LogP contribution is -2.47. The molecule has 1 heterocycles. The molecule has 2 rings (SSSR count). The summed E-state index contributed by atoms with van der Waals surface area (Å²) in [5.41, 5.74) is 0. The van der Waals surface area contributed by atoms with Crippen LogP contribution in [0.4, 0.5) is 0 Å². The Morgan fingerprint density at radius 2 is 1.90 bits per heavy atom. The first-order valence-electron chi connectivity index (χ1n) is 8.71. The monoisotopic (exact) mass is 281 g/mol. The highest BCUT2D eigenvalue weighted by atomic mass is 16.4. The van der Waals surface area contributed by atoms with Crippen molar-refractivity contribution in [3.05, 3.63) is 0 Å². The van der Waals surface area contributed by atoms with Gasteiger partial charge in [0.05, 0.1) is 0 Å². The number of likely N-dealkylation sites (tertiary alicyclic amines) is 1. The molecule has 3 heteroatoms. The molecule has 0 radical (unpaired) electrons. The third kappa shape index (κ3) is 4.21. The van der Waals surface area contributed by atoms with E-state index < -0.39 is 5.97 Å². The molecule has 0 aromatic heterocycles. The van der Waals surface area contributed by atoms with Crippen LogP contribution in [0.3, 0.4) is 0 Å². The van der Waals surface area contributed by atoms with E-state index >= 15 is 0 Å². The highest BCUT2D eigenvalue weighted by Crippen LogP contribution is 2.31. The Labute approximate surface area is 123 Å². The lowest BCUT2D eigenvalue weighted by Gasteiger charge is -2.34. The number of aliphatic carboxylic acids is 1. The van der Waals surface area contributed by atoms with E-state index in [1.54, 1.807) is 0 Å². The molecular formula is C17H31NO2. The quantitative estimate of drug-likeness (QED) is 0.790. The standard InChI is InChI=1S/C17H31NO2/c1-2-7-14-8-6-9-15(12-11-14)18-13-5-3-4-10-16(18)17(19)20/h14-16H,2-13H2,1H3,(H,19,20). The van der Waals surface area contributed by atoms with E-state index in [1.807, 2.05) is 0 Å². The number of hydrogen-bond donors (Lipinski definition) is 1. The van der Waals surface area contributed by atoms with Gasteiger partial charge in [-0.2, -0.15) is 0 Å². The Bertz CT molecular complexity index is 305. The average molecular weight is 281 g/mol. The summed E-state index contributed by atoms with van der Waals surface area (Å²) in [6.07, 6.45) is 13.3. The zero-order valence-corrected chi connectivity index (χ0v) is 13.0. The van der Waals surface area contributed by atoms with E-state index in [1.165, 1.54) is 57.8 Å². The van der Waals surface area contributed by atoms with E-state index in [0.29, 0.717) is 6.04 Å². The highest BCUT2D eigenvalue weighted by molar-refractivity contribution is 5.73. The van der Waals surface area contributed by atoms with Crippen molar-refractivity contribution in [1.29, 1.82) is 0 Å². The molecule has 116 valence electrons. The highest BCUT2D eigenvalue weighted by Gasteiger charge is 2.33. The van der Waals surface area contributed by atoms with Crippen LogP contribution in [0, 0.1) is 5.92 Å². The summed E-state index contributed by atoms with van der Waals surface area (Å²) in [6, 6.07) is 0.307. The van der Waals surface area contributed by atoms with Crippen molar-refractivity contribution >= 4 is 5.97 Å². The van der Waals surface area contributed by atoms with Crippen LogP contribution in [0.2, 0.25) is 0 Å². The molecule has 3 nitrogen and oxygen atoms in total. The van der Waals surface area contributed by atoms with Crippen LogP contribution >= 0.6 is 0 Å². The molecule has 0 aromatic rings. The maximum Gasteiger partial charge on any atom is 0.320 e. The van der Waals surface area contributed by atoms with Crippen molar-refractivity contribution in [3.63, 3.8) is 0 Å². The first-order chi connectivity index (χ1) is 9.72. The summed E-state index contributed by atoms with van der Waals surface area (Å²) in [5, 5.41) is 9.53. The Hall–Kier alpha value is -0.570. The van der Waals surface area contributed by atoms with Crippen LogP contribution in [0.1, 0.15) is 77.6 Å². The second-order valence-corrected chi connectivity index (χ2v) is 6.76. The third-order valence-electron chi connectivity index (χ3n) is 5.30. The molecule has 0 amide bonds. The van der Waals surface area contributed by atoms with Crippen LogP contribution in [0.5, 0.6) is 0 Å². The van der Waals surface area contributed by atoms with E-state index in [9.17, 15) is 9.90 Å². The molecule has 0 bridgehead atoms. The van der Waals surface area contributed by atoms with Gasteiger partial charge in [-0.05, 0) is 44.6 Å². The maximum absolute atomic E-state index is 11.6. The van der Waals surface area contributed by atoms with Gasteiger partial charge in [0.25, 0.3) is 0 Å². The molecule has 1 N–H and O–H groups in total. The molecule has 1 aliphatic heterocycles. The van der Waals surface area contributed by atoms with Gasteiger partial charge in [-0.25, -0.2) is 0 Å². The van der Waals surface area contributed by atoms with Crippen molar-refractivity contribution in [2.24, 2.45) is 5.92 Å². The molecule has 2 fully saturated rings. The second kappa shape index (κ2) is 8.02. The van der Waals surface area contributed by atoms with Crippen molar-refractivity contribution in [3.8, 4) is 0 Å². The zero-order chi connectivity index (χ0) is 14.4. The Morgan fingerprint density at radius 3 is 2.65 bits per heavy atom. The van der Waals surface area contributed by atoms with Gasteiger partial charge in [0, 0.05) is 6.04 Å². The Morgan fingerprint density at radius 1 is 1.05 bits per heavy atom. The summed E-state index contributed by atoms with van der Waals surface area (Å²) in [7, 11) is 0. The average Bonchev–Trinajstić information content (AvgIpc) is 2.79. The molecule has 2 aliphatic rings. The first-order valence-corrected chi connectivity index (χ1v) is 8.71. The minimum absolute atomic E-state index is 0.217. The Kier molecular flexibility index (Phi) is 6.34. The van der Waals surface area contributed by atoms with Crippen LogP contribution in [-0.4, -0.2) is 34.6 Å². The smallest absolute Gasteiger partial charge is 0.320 e. The summed E-state index contributed by atoms with van der Waals surface area (Å²) >= 11 is 0. The summed E-state index contributed by atoms with van der Waals surface area (Å²) in [5.74, 6) is 0.293. The number of carboxylic acids is 1. The number of carbonyl (C=O) groups is 1. The topological polar surface area (TPSA) is 40.5 Å². The van der Waals surface area contributed by atoms with Gasteiger partial charge >= 0.3 is 5.97 Å². The minimum Gasteiger partial charge on any atom is -0.480 e. The van der Waals surface area contributed by atoms with Crippen molar-refractivity contribution < 1.29 is 9.90 Å². The number of carboxylic acid groups (broad SMARTS) is 1. The number of rotatable bonds is 4. The molecule has 3 unspecified atom stereocenters. The Balaban J connectivity index is 1.98. The van der Waals surface area contributed by atoms with Crippen LogP contribution in [0.15, 0.2) is 0 Å². The normalized spacial score (nSPS) is 33.4. The summed E-state index contributed by atoms with van der Waals surface area (Å²) in [4.78, 5) is 13.9. The fourth-order valence-electron chi connectivity index (χ4n) is 4.22. The predicted molar refractivity (Wildman–Crippen MR) is 81.9 cm³/mol. The van der Waals surface area contributed by atoms with Crippen LogP contribution < -0.4 is 0 Å². The van der Waals surface area contributed by atoms with E-state index in [-0.39, 0.29) is 6.04 Å². The van der Waals surface area contributed by atoms with Gasteiger partial charge in [0.15, 0.2) is 0 Å². The van der Waals surface area contributed by atoms with Crippen LogP contribution in [-0.2, 0) is 4.79 Å². The van der Waals surface area contributed by atoms with Gasteiger partial charge in [-0.1, -0.05) is 45.4 Å². The summed E-state index contributed by atoms with van der Waals surface area (Å²) < 4.78 is 0. The van der Waals surface area contributed by atoms with Gasteiger partial charge in [0.1, 0.15) is 6.04 Å². The van der Waals surface area contributed by atoms with Crippen molar-refractivity contribution in [2.75, 3.05) is 6.54 Å². The largest absolute Gasteiger partial charge is 0.480 e. The SMILES string of the molecule is CCCC1CCCC(N2CCCCCC2C(=O)O)CC1. The lowest BCUT2D eigenvalue weighted by atomic mass is 9.95. The first kappa shape index (κ1) is 15.8. The zero-order valence-electron chi connectivity index (χ0n) is 13.0. The molecule has 1 saturated heterocycles. The fraction of sp³-hybridized carbons (Fsp3) is 0.941. The molecule has 1 saturated carbocycles. The molecule has 3 atom stereocenters. The van der Waals surface area contributed by atoms with Gasteiger partial charge in [0.2, 0.25) is 0 Å². The summed E-state index contributed by atoms with van der Waals surface area (Å²) in [6.45, 7) is 3.28. The number of nitrogens with zero attached hydrogens (tertiary/aromatic N) is 1. The van der Waals surface area contributed by atoms with Crippen molar-refractivity contribution in [2.45, 2.75) is 89.6 Å². The predicted octanol–water partition coefficient (Wildman–Crippen LogP) is 4.06. The van der Waals surface area contributed by atoms with E-state index in [0.717, 1.165) is 25.3 Å². The molecule has 20 heavy (non-hydrogen) atoms. The van der Waals surface area contributed by atoms with Gasteiger partial charge in [-0.3, -0.25) is 9.69 Å². The molecule has 0 spiro atoms. The van der Waals surface area contributed by atoms with E-state index in [2.05, 4.69) is 11.8 Å². The third-order valence-corrected chi connectivity index (χ3v) is 5.30. The maximum atomic E-state index is 11.6. The van der Waals surface area contributed by atoms with Crippen LogP contribution in [0.25, 0.3) is 0 Å². The van der Waals surface area contributed by atoms with E-state index in [4.69, 9.17) is 0 Å². The van der Waals surface area contributed by atoms with Gasteiger partial charge in [-0.15, -0.1) is 0 Å². The second-order valence-electron chi connectivity index (χ2n) is 6.76. The van der Waals surface area contributed by atoms with Gasteiger partial charge < -0.3 is 5.11 Å².